The molecule has 0 saturated heterocycles. The Balaban J connectivity index is 1.63. The van der Waals surface area contributed by atoms with Gasteiger partial charge in [-0.05, 0) is 50.1 Å². The molecule has 0 fully saturated rings. The quantitative estimate of drug-likeness (QED) is 0.276. The number of amides is 5. The number of nitrogens with zero attached hydrogens (tertiary/aromatic N) is 2. The van der Waals surface area contributed by atoms with Crippen LogP contribution in [0.4, 0.5) is 0 Å². The number of benzene rings is 2. The molecule has 1 aliphatic heterocycles. The largest absolute Gasteiger partial charge is 0.457 e. The van der Waals surface area contributed by atoms with Gasteiger partial charge < -0.3 is 40.5 Å². The number of nitrogens with one attached hydrogen (secondary N) is 4. The van der Waals surface area contributed by atoms with Crippen LogP contribution in [-0.4, -0.2) is 82.0 Å². The zero-order chi connectivity index (χ0) is 33.4. The first-order chi connectivity index (χ1) is 21.9. The van der Waals surface area contributed by atoms with E-state index < -0.39 is 53.8 Å². The highest BCUT2D eigenvalue weighted by Crippen LogP contribution is 2.23. The van der Waals surface area contributed by atoms with Gasteiger partial charge in [0.15, 0.2) is 11.5 Å². The van der Waals surface area contributed by atoms with Gasteiger partial charge >= 0.3 is 0 Å². The molecular weight excluding hydrogens is 596 g/mol. The molecule has 14 nitrogen and oxygen atoms in total. The monoisotopic (exact) mass is 634 g/mol. The molecule has 14 heteroatoms. The van der Waals surface area contributed by atoms with Crippen LogP contribution < -0.4 is 26.0 Å². The van der Waals surface area contributed by atoms with Crippen LogP contribution in [0.5, 0.6) is 11.5 Å². The third-order valence-corrected chi connectivity index (χ3v) is 7.22. The lowest BCUT2D eigenvalue weighted by Crippen LogP contribution is -2.58. The van der Waals surface area contributed by atoms with Crippen molar-refractivity contribution < 1.29 is 38.3 Å². The van der Waals surface area contributed by atoms with Crippen LogP contribution in [0.2, 0.25) is 0 Å². The molecule has 4 rings (SSSR count). The Morgan fingerprint density at radius 2 is 1.63 bits per heavy atom. The summed E-state index contributed by atoms with van der Waals surface area (Å²) in [6.07, 6.45) is -1.33. The van der Waals surface area contributed by atoms with Crippen molar-refractivity contribution in [2.75, 3.05) is 13.1 Å². The number of para-hydroxylation sites is 1. The number of hydrogen-bond acceptors (Lipinski definition) is 9. The summed E-state index contributed by atoms with van der Waals surface area (Å²) < 4.78 is 11.2. The first kappa shape index (κ1) is 33.6. The van der Waals surface area contributed by atoms with Crippen molar-refractivity contribution in [3.05, 3.63) is 77.7 Å². The standard InChI is InChI=1S/C32H38N6O8/c1-18(2)26-30(42)33-13-14-38(32(44)21-9-8-12-23(15-21)45-22-10-6-5-7-11-22)17-24-16-25(37-46-24)29(41)36-27(20(4)39)31(43)34-19(3)28(40)35-26/h5-12,15-16,18-20,26-27,39H,13-14,17H2,1-4H3,(H,33,42)(H,34,43)(H,35,40)(H,36,41)/t19-,20+,26-,27-/m0/s1. The molecule has 0 spiro atoms. The molecule has 0 saturated carbocycles. The van der Waals surface area contributed by atoms with Crippen LogP contribution in [0.1, 0.15) is 54.3 Å². The minimum atomic E-state index is -1.44. The molecule has 0 radical (unpaired) electrons. The van der Waals surface area contributed by atoms with Gasteiger partial charge in [-0.2, -0.15) is 0 Å². The number of aromatic nitrogens is 1. The van der Waals surface area contributed by atoms with Gasteiger partial charge in [0, 0.05) is 24.7 Å². The van der Waals surface area contributed by atoms with E-state index in [2.05, 4.69) is 26.4 Å². The molecule has 0 unspecified atom stereocenters. The highest BCUT2D eigenvalue weighted by atomic mass is 16.5. The molecule has 2 bridgehead atoms. The Kier molecular flexibility index (Phi) is 11.1. The molecular formula is C32H38N6O8. The van der Waals surface area contributed by atoms with Crippen molar-refractivity contribution >= 4 is 29.5 Å². The average Bonchev–Trinajstić information content (AvgIpc) is 3.49. The van der Waals surface area contributed by atoms with Crippen LogP contribution in [-0.2, 0) is 20.9 Å². The van der Waals surface area contributed by atoms with Crippen molar-refractivity contribution in [3.8, 4) is 11.5 Å². The molecule has 5 N–H and O–H groups in total. The summed E-state index contributed by atoms with van der Waals surface area (Å²) in [7, 11) is 0. The van der Waals surface area contributed by atoms with Crippen molar-refractivity contribution in [1.29, 1.82) is 0 Å². The molecule has 46 heavy (non-hydrogen) atoms. The predicted molar refractivity (Wildman–Crippen MR) is 165 cm³/mol. The summed E-state index contributed by atoms with van der Waals surface area (Å²) in [5, 5.41) is 24.3. The number of hydrogen-bond donors (Lipinski definition) is 5. The lowest BCUT2D eigenvalue weighted by molar-refractivity contribution is -0.133. The van der Waals surface area contributed by atoms with Crippen molar-refractivity contribution in [2.45, 2.75) is 58.5 Å². The van der Waals surface area contributed by atoms with E-state index in [1.54, 1.807) is 50.2 Å². The number of aliphatic hydroxyl groups excluding tert-OH is 1. The third kappa shape index (κ3) is 8.69. The van der Waals surface area contributed by atoms with E-state index in [9.17, 15) is 29.1 Å². The summed E-state index contributed by atoms with van der Waals surface area (Å²) in [6, 6.07) is 13.5. The molecule has 3 aromatic rings. The van der Waals surface area contributed by atoms with Crippen LogP contribution in [0.3, 0.4) is 0 Å². The Morgan fingerprint density at radius 1 is 0.913 bits per heavy atom. The topological polar surface area (TPSA) is 192 Å². The van der Waals surface area contributed by atoms with Crippen molar-refractivity contribution in [2.24, 2.45) is 5.92 Å². The normalized spacial score (nSPS) is 20.8. The molecule has 0 aliphatic carbocycles. The number of carbonyl (C=O) groups is 5. The number of ether oxygens (including phenoxy) is 1. The van der Waals surface area contributed by atoms with Crippen LogP contribution in [0, 0.1) is 5.92 Å². The Bertz CT molecular complexity index is 1560. The van der Waals surface area contributed by atoms with Crippen LogP contribution in [0.15, 0.2) is 65.2 Å². The zero-order valence-corrected chi connectivity index (χ0v) is 26.0. The lowest BCUT2D eigenvalue weighted by atomic mass is 10.0. The van der Waals surface area contributed by atoms with E-state index >= 15 is 0 Å². The van der Waals surface area contributed by atoms with E-state index in [1.807, 2.05) is 18.2 Å². The second-order valence-electron chi connectivity index (χ2n) is 11.3. The van der Waals surface area contributed by atoms with Gasteiger partial charge in [0.2, 0.25) is 17.7 Å². The van der Waals surface area contributed by atoms with E-state index in [-0.39, 0.29) is 37.0 Å². The maximum atomic E-state index is 13.8. The van der Waals surface area contributed by atoms with Gasteiger partial charge in [0.05, 0.1) is 12.6 Å². The van der Waals surface area contributed by atoms with Gasteiger partial charge in [-0.3, -0.25) is 24.0 Å². The lowest BCUT2D eigenvalue weighted by Gasteiger charge is -2.26. The summed E-state index contributed by atoms with van der Waals surface area (Å²) >= 11 is 0. The van der Waals surface area contributed by atoms with Gasteiger partial charge in [-0.25, -0.2) is 0 Å². The van der Waals surface area contributed by atoms with E-state index in [0.29, 0.717) is 17.1 Å². The molecule has 5 amide bonds. The molecule has 2 aromatic carbocycles. The van der Waals surface area contributed by atoms with E-state index in [1.165, 1.54) is 24.8 Å². The molecule has 4 atom stereocenters. The number of rotatable bonds is 5. The minimum absolute atomic E-state index is 0.0215. The Morgan fingerprint density at radius 3 is 2.33 bits per heavy atom. The smallest absolute Gasteiger partial charge is 0.274 e. The van der Waals surface area contributed by atoms with Crippen molar-refractivity contribution in [3.63, 3.8) is 0 Å². The van der Waals surface area contributed by atoms with E-state index in [0.717, 1.165) is 0 Å². The second kappa shape index (κ2) is 15.2. The summed E-state index contributed by atoms with van der Waals surface area (Å²) in [5.74, 6) is -2.32. The highest BCUT2D eigenvalue weighted by Gasteiger charge is 2.32. The highest BCUT2D eigenvalue weighted by molar-refractivity contribution is 5.98. The first-order valence-corrected chi connectivity index (χ1v) is 14.9. The molecule has 1 aromatic heterocycles. The third-order valence-electron chi connectivity index (χ3n) is 7.22. The number of aliphatic hydroxyl groups is 1. The van der Waals surface area contributed by atoms with E-state index in [4.69, 9.17) is 9.26 Å². The maximum absolute atomic E-state index is 13.8. The first-order valence-electron chi connectivity index (χ1n) is 14.9. The van der Waals surface area contributed by atoms with Gasteiger partial charge in [0.1, 0.15) is 29.6 Å². The fraction of sp³-hybridized carbons (Fsp3) is 0.375. The molecule has 2 heterocycles. The number of carbonyl (C=O) groups excluding carboxylic acids is 5. The van der Waals surface area contributed by atoms with Crippen molar-refractivity contribution in [1.82, 2.24) is 31.3 Å². The van der Waals surface area contributed by atoms with Crippen LogP contribution in [0.25, 0.3) is 0 Å². The van der Waals surface area contributed by atoms with Crippen LogP contribution >= 0.6 is 0 Å². The van der Waals surface area contributed by atoms with Gasteiger partial charge in [-0.1, -0.05) is 43.3 Å². The summed E-state index contributed by atoms with van der Waals surface area (Å²) in [6.45, 7) is 6.15. The minimum Gasteiger partial charge on any atom is -0.457 e. The second-order valence-corrected chi connectivity index (χ2v) is 11.3. The molecule has 1 aliphatic rings. The Labute approximate surface area is 265 Å². The zero-order valence-electron chi connectivity index (χ0n) is 26.0. The fourth-order valence-corrected chi connectivity index (χ4v) is 4.66. The fourth-order valence-electron chi connectivity index (χ4n) is 4.66. The summed E-state index contributed by atoms with van der Waals surface area (Å²) in [5.41, 5.74) is 0.102. The van der Waals surface area contributed by atoms with Gasteiger partial charge in [0.25, 0.3) is 11.8 Å². The molecule has 244 valence electrons. The average molecular weight is 635 g/mol. The Hall–Kier alpha value is -5.24. The summed E-state index contributed by atoms with van der Waals surface area (Å²) in [4.78, 5) is 67.2. The predicted octanol–water partition coefficient (Wildman–Crippen LogP) is 1.36. The SMILES string of the molecule is CC(C)[C@@H]1NC(=O)[C@H](C)NC(=O)[C@H]([C@@H](C)O)NC(=O)c2cc(on2)CN(C(=O)c2cccc(Oc3ccccc3)c2)CCNC1=O. The maximum Gasteiger partial charge on any atom is 0.274 e. The number of fused-ring (bicyclic) bond motifs is 2. The van der Waals surface area contributed by atoms with Gasteiger partial charge in [-0.15, -0.1) is 0 Å².